The molecular formula is C9H17F2NO. The molecule has 0 spiro atoms. The van der Waals surface area contributed by atoms with Gasteiger partial charge in [-0.1, -0.05) is 6.92 Å². The van der Waals surface area contributed by atoms with Crippen LogP contribution in [0.1, 0.15) is 19.8 Å². The molecule has 0 bridgehead atoms. The van der Waals surface area contributed by atoms with E-state index in [1.54, 1.807) is 0 Å². The second kappa shape index (κ2) is 5.50. The lowest BCUT2D eigenvalue weighted by molar-refractivity contribution is 0.00606. The van der Waals surface area contributed by atoms with E-state index in [0.717, 1.165) is 6.54 Å². The van der Waals surface area contributed by atoms with Crippen LogP contribution >= 0.6 is 0 Å². The van der Waals surface area contributed by atoms with Crippen molar-refractivity contribution >= 4 is 0 Å². The van der Waals surface area contributed by atoms with Gasteiger partial charge >= 0.3 is 0 Å². The number of hydrogen-bond donors (Lipinski definition) is 1. The lowest BCUT2D eigenvalue weighted by atomic mass is 10.2. The van der Waals surface area contributed by atoms with Gasteiger partial charge in [0.15, 0.2) is 0 Å². The highest BCUT2D eigenvalue weighted by molar-refractivity contribution is 4.81. The van der Waals surface area contributed by atoms with Crippen LogP contribution in [0.15, 0.2) is 0 Å². The van der Waals surface area contributed by atoms with Crippen LogP contribution in [0, 0.1) is 5.92 Å². The van der Waals surface area contributed by atoms with Crippen molar-refractivity contribution in [1.82, 2.24) is 5.32 Å². The Morgan fingerprint density at radius 3 is 2.62 bits per heavy atom. The second-order valence-corrected chi connectivity index (χ2v) is 3.72. The minimum atomic E-state index is -2.34. The van der Waals surface area contributed by atoms with Crippen LogP contribution in [0.5, 0.6) is 0 Å². The quantitative estimate of drug-likeness (QED) is 0.664. The van der Waals surface area contributed by atoms with Crippen LogP contribution in [0.25, 0.3) is 0 Å². The molecule has 13 heavy (non-hydrogen) atoms. The molecule has 78 valence electrons. The Kier molecular flexibility index (Phi) is 4.59. The Bertz CT molecular complexity index is 140. The summed E-state index contributed by atoms with van der Waals surface area (Å²) in [7, 11) is 0. The summed E-state index contributed by atoms with van der Waals surface area (Å²) >= 11 is 0. The van der Waals surface area contributed by atoms with Crippen molar-refractivity contribution in [2.45, 2.75) is 32.2 Å². The minimum Gasteiger partial charge on any atom is -0.375 e. The van der Waals surface area contributed by atoms with E-state index in [9.17, 15) is 8.78 Å². The number of hydrogen-bond acceptors (Lipinski definition) is 2. The van der Waals surface area contributed by atoms with Gasteiger partial charge in [-0.2, -0.15) is 0 Å². The van der Waals surface area contributed by atoms with Crippen molar-refractivity contribution in [3.63, 3.8) is 0 Å². The smallest absolute Gasteiger partial charge is 0.261 e. The normalized spacial score (nSPS) is 19.4. The fourth-order valence-electron chi connectivity index (χ4n) is 1.07. The van der Waals surface area contributed by atoms with Crippen LogP contribution in [-0.2, 0) is 4.74 Å². The summed E-state index contributed by atoms with van der Waals surface area (Å²) in [5.74, 6) is 0.319. The molecular weight excluding hydrogens is 176 g/mol. The molecule has 1 unspecified atom stereocenters. The van der Waals surface area contributed by atoms with Crippen LogP contribution in [0.3, 0.4) is 0 Å². The van der Waals surface area contributed by atoms with Gasteiger partial charge in [0, 0.05) is 12.6 Å². The van der Waals surface area contributed by atoms with E-state index in [0.29, 0.717) is 18.6 Å². The topological polar surface area (TPSA) is 21.3 Å². The van der Waals surface area contributed by atoms with E-state index in [1.807, 2.05) is 6.92 Å². The van der Waals surface area contributed by atoms with Crippen molar-refractivity contribution < 1.29 is 13.5 Å². The third-order valence-electron chi connectivity index (χ3n) is 1.98. The van der Waals surface area contributed by atoms with Gasteiger partial charge < -0.3 is 10.1 Å². The maximum Gasteiger partial charge on any atom is 0.261 e. The Morgan fingerprint density at radius 1 is 1.38 bits per heavy atom. The van der Waals surface area contributed by atoms with Crippen LogP contribution in [0.4, 0.5) is 8.78 Å². The molecule has 0 aliphatic heterocycles. The van der Waals surface area contributed by atoms with Crippen molar-refractivity contribution in [2.24, 2.45) is 5.92 Å². The number of alkyl halides is 2. The molecule has 0 radical (unpaired) electrons. The van der Waals surface area contributed by atoms with Crippen LogP contribution in [-0.4, -0.2) is 32.2 Å². The highest BCUT2D eigenvalue weighted by Gasteiger charge is 2.20. The van der Waals surface area contributed by atoms with Crippen molar-refractivity contribution in [3.05, 3.63) is 0 Å². The molecule has 1 aliphatic rings. The van der Waals surface area contributed by atoms with Crippen LogP contribution in [0.2, 0.25) is 0 Å². The molecule has 0 heterocycles. The summed E-state index contributed by atoms with van der Waals surface area (Å²) in [5.41, 5.74) is 0. The predicted molar refractivity (Wildman–Crippen MR) is 47.0 cm³/mol. The maximum absolute atomic E-state index is 11.7. The number of rotatable bonds is 7. The van der Waals surface area contributed by atoms with Gasteiger partial charge in [-0.25, -0.2) is 8.78 Å². The molecule has 0 amide bonds. The van der Waals surface area contributed by atoms with E-state index in [1.165, 1.54) is 12.8 Å². The highest BCUT2D eigenvalue weighted by Crippen LogP contribution is 2.18. The van der Waals surface area contributed by atoms with E-state index >= 15 is 0 Å². The zero-order valence-electron chi connectivity index (χ0n) is 7.93. The number of halogens is 2. The SMILES string of the molecule is CC(CNC1CC1)COCC(F)F. The molecule has 4 heteroatoms. The van der Waals surface area contributed by atoms with Gasteiger partial charge in [-0.3, -0.25) is 0 Å². The third kappa shape index (κ3) is 5.93. The zero-order chi connectivity index (χ0) is 9.68. The van der Waals surface area contributed by atoms with Crippen molar-refractivity contribution in [3.8, 4) is 0 Å². The summed E-state index contributed by atoms with van der Waals surface area (Å²) < 4.78 is 28.2. The number of nitrogens with one attached hydrogen (secondary N) is 1. The summed E-state index contributed by atoms with van der Waals surface area (Å²) in [6.07, 6.45) is 0.165. The largest absolute Gasteiger partial charge is 0.375 e. The Labute approximate surface area is 77.6 Å². The molecule has 1 fully saturated rings. The lowest BCUT2D eigenvalue weighted by Crippen LogP contribution is -2.26. The molecule has 0 aromatic carbocycles. The molecule has 0 aromatic heterocycles. The molecule has 0 saturated heterocycles. The monoisotopic (exact) mass is 193 g/mol. The average molecular weight is 193 g/mol. The van der Waals surface area contributed by atoms with E-state index in [2.05, 4.69) is 5.32 Å². The second-order valence-electron chi connectivity index (χ2n) is 3.72. The predicted octanol–water partition coefficient (Wildman–Crippen LogP) is 1.66. The van der Waals surface area contributed by atoms with Gasteiger partial charge in [0.2, 0.25) is 0 Å². The summed E-state index contributed by atoms with van der Waals surface area (Å²) in [6.45, 7) is 2.85. The van der Waals surface area contributed by atoms with E-state index in [4.69, 9.17) is 4.74 Å². The van der Waals surface area contributed by atoms with Gasteiger partial charge in [0.05, 0.1) is 6.61 Å². The molecule has 1 atom stereocenters. The lowest BCUT2D eigenvalue weighted by Gasteiger charge is -2.12. The Hall–Kier alpha value is -0.220. The van der Waals surface area contributed by atoms with Gasteiger partial charge in [0.1, 0.15) is 6.61 Å². The van der Waals surface area contributed by atoms with Crippen molar-refractivity contribution in [2.75, 3.05) is 19.8 Å². The van der Waals surface area contributed by atoms with Gasteiger partial charge in [-0.15, -0.1) is 0 Å². The summed E-state index contributed by atoms with van der Waals surface area (Å²) in [5, 5.41) is 3.33. The Morgan fingerprint density at radius 2 is 2.08 bits per heavy atom. The van der Waals surface area contributed by atoms with Gasteiger partial charge in [-0.05, 0) is 18.8 Å². The Balaban J connectivity index is 1.87. The fourth-order valence-corrected chi connectivity index (χ4v) is 1.07. The van der Waals surface area contributed by atoms with Crippen LogP contribution < -0.4 is 5.32 Å². The first-order valence-electron chi connectivity index (χ1n) is 4.77. The highest BCUT2D eigenvalue weighted by atomic mass is 19.3. The number of ether oxygens (including phenoxy) is 1. The van der Waals surface area contributed by atoms with E-state index < -0.39 is 13.0 Å². The molecule has 0 aromatic rings. The molecule has 2 nitrogen and oxygen atoms in total. The average Bonchev–Trinajstić information content (AvgIpc) is 2.83. The first kappa shape index (κ1) is 10.9. The molecule has 1 saturated carbocycles. The van der Waals surface area contributed by atoms with E-state index in [-0.39, 0.29) is 0 Å². The third-order valence-corrected chi connectivity index (χ3v) is 1.98. The standard InChI is InChI=1S/C9H17F2NO/c1-7(4-12-8-2-3-8)5-13-6-9(10)11/h7-9,12H,2-6H2,1H3. The zero-order valence-corrected chi connectivity index (χ0v) is 7.93. The maximum atomic E-state index is 11.7. The fraction of sp³-hybridized carbons (Fsp3) is 1.00. The summed E-state index contributed by atoms with van der Waals surface area (Å²) in [4.78, 5) is 0. The first-order chi connectivity index (χ1) is 6.18. The molecule has 1 aliphatic carbocycles. The van der Waals surface area contributed by atoms with Crippen molar-refractivity contribution in [1.29, 1.82) is 0 Å². The first-order valence-corrected chi connectivity index (χ1v) is 4.77. The molecule has 1 rings (SSSR count). The molecule has 1 N–H and O–H groups in total. The summed E-state index contributed by atoms with van der Waals surface area (Å²) in [6, 6.07) is 0.678. The van der Waals surface area contributed by atoms with Gasteiger partial charge in [0.25, 0.3) is 6.43 Å². The minimum absolute atomic E-state index is 0.319.